The number of halogens is 3. The van der Waals surface area contributed by atoms with Crippen molar-refractivity contribution in [1.29, 1.82) is 0 Å². The molecule has 116 valence electrons. The van der Waals surface area contributed by atoms with Crippen LogP contribution in [0.1, 0.15) is 33.1 Å². The Hall–Kier alpha value is -1.22. The van der Waals surface area contributed by atoms with Crippen LogP contribution in [-0.4, -0.2) is 9.70 Å². The number of aryl methyl sites for hydroxylation is 2. The molecular formula is C17H16Cl3NO. The van der Waals surface area contributed by atoms with Gasteiger partial charge in [-0.05, 0) is 37.1 Å². The highest BCUT2D eigenvalue weighted by Gasteiger charge is 2.36. The van der Waals surface area contributed by atoms with Gasteiger partial charge in [-0.1, -0.05) is 76.8 Å². The minimum Gasteiger partial charge on any atom is -0.341 e. The highest BCUT2D eigenvalue weighted by atomic mass is 35.6. The summed E-state index contributed by atoms with van der Waals surface area (Å²) in [6.45, 7) is 3.88. The maximum atomic E-state index is 12.4. The van der Waals surface area contributed by atoms with Gasteiger partial charge in [0.05, 0.1) is 0 Å². The van der Waals surface area contributed by atoms with E-state index in [9.17, 15) is 4.79 Å². The third-order valence-electron chi connectivity index (χ3n) is 3.38. The van der Waals surface area contributed by atoms with Gasteiger partial charge in [0.2, 0.25) is 3.79 Å². The van der Waals surface area contributed by atoms with Gasteiger partial charge in [0.15, 0.2) is 0 Å². The zero-order valence-corrected chi connectivity index (χ0v) is 14.5. The summed E-state index contributed by atoms with van der Waals surface area (Å²) in [7, 11) is 0. The molecule has 2 aromatic carbocycles. The van der Waals surface area contributed by atoms with E-state index in [-0.39, 0.29) is 5.91 Å². The first kappa shape index (κ1) is 17.1. The summed E-state index contributed by atoms with van der Waals surface area (Å²) in [6.07, 6.45) is 0. The second-order valence-corrected chi connectivity index (χ2v) is 7.54. The lowest BCUT2D eigenvalue weighted by Crippen LogP contribution is -2.37. The summed E-state index contributed by atoms with van der Waals surface area (Å²) in [6, 6.07) is 14.0. The molecule has 2 aromatic rings. The van der Waals surface area contributed by atoms with Gasteiger partial charge in [0.1, 0.15) is 6.04 Å². The molecule has 0 aliphatic rings. The van der Waals surface area contributed by atoms with Crippen molar-refractivity contribution in [2.45, 2.75) is 23.7 Å². The van der Waals surface area contributed by atoms with Gasteiger partial charge >= 0.3 is 0 Å². The van der Waals surface area contributed by atoms with E-state index in [2.05, 4.69) is 5.32 Å². The van der Waals surface area contributed by atoms with Crippen molar-refractivity contribution in [3.05, 3.63) is 70.8 Å². The van der Waals surface area contributed by atoms with Gasteiger partial charge in [-0.15, -0.1) is 0 Å². The molecule has 2 nitrogen and oxygen atoms in total. The number of nitrogens with one attached hydrogen (secondary N) is 1. The van der Waals surface area contributed by atoms with Crippen molar-refractivity contribution >= 4 is 40.7 Å². The summed E-state index contributed by atoms with van der Waals surface area (Å²) in [5, 5.41) is 2.82. The number of benzene rings is 2. The predicted octanol–water partition coefficient (Wildman–Crippen LogP) is 5.14. The Balaban J connectivity index is 2.36. The number of hydrogen-bond donors (Lipinski definition) is 1. The smallest absolute Gasteiger partial charge is 0.251 e. The largest absolute Gasteiger partial charge is 0.341 e. The molecule has 1 N–H and O–H groups in total. The average molecular weight is 357 g/mol. The van der Waals surface area contributed by atoms with E-state index in [0.29, 0.717) is 5.56 Å². The molecule has 0 spiro atoms. The number of carbonyl (C=O) groups is 1. The Morgan fingerprint density at radius 3 is 2.27 bits per heavy atom. The molecule has 0 saturated carbocycles. The second-order valence-electron chi connectivity index (χ2n) is 5.17. The first-order valence-corrected chi connectivity index (χ1v) is 7.92. The van der Waals surface area contributed by atoms with Crippen LogP contribution < -0.4 is 5.32 Å². The van der Waals surface area contributed by atoms with Crippen LogP contribution in [0.15, 0.2) is 48.5 Å². The minimum atomic E-state index is -1.65. The number of carbonyl (C=O) groups excluding carboxylic acids is 1. The van der Waals surface area contributed by atoms with Crippen LogP contribution in [0.25, 0.3) is 0 Å². The molecule has 0 bridgehead atoms. The van der Waals surface area contributed by atoms with Crippen LogP contribution in [0, 0.1) is 13.8 Å². The number of hydrogen-bond acceptors (Lipinski definition) is 1. The van der Waals surface area contributed by atoms with Crippen molar-refractivity contribution in [3.8, 4) is 0 Å². The fourth-order valence-corrected chi connectivity index (χ4v) is 2.73. The summed E-state index contributed by atoms with van der Waals surface area (Å²) >= 11 is 18.3. The van der Waals surface area contributed by atoms with Crippen molar-refractivity contribution in [2.24, 2.45) is 0 Å². The molecule has 22 heavy (non-hydrogen) atoms. The van der Waals surface area contributed by atoms with E-state index in [1.807, 2.05) is 38.1 Å². The highest BCUT2D eigenvalue weighted by molar-refractivity contribution is 6.68. The van der Waals surface area contributed by atoms with E-state index < -0.39 is 9.83 Å². The Kier molecular flexibility index (Phi) is 5.38. The summed E-state index contributed by atoms with van der Waals surface area (Å²) in [4.78, 5) is 12.4. The third kappa shape index (κ3) is 4.16. The molecule has 0 fully saturated rings. The van der Waals surface area contributed by atoms with Crippen LogP contribution in [0.5, 0.6) is 0 Å². The molecule has 1 unspecified atom stereocenters. The second kappa shape index (κ2) is 6.91. The van der Waals surface area contributed by atoms with E-state index in [0.717, 1.165) is 16.7 Å². The van der Waals surface area contributed by atoms with Gasteiger partial charge < -0.3 is 5.32 Å². The Morgan fingerprint density at radius 1 is 1.05 bits per heavy atom. The lowest BCUT2D eigenvalue weighted by Gasteiger charge is -2.27. The Bertz CT molecular complexity index is 665. The quantitative estimate of drug-likeness (QED) is 0.758. The fraction of sp³-hybridized carbons (Fsp3) is 0.235. The van der Waals surface area contributed by atoms with Gasteiger partial charge in [0.25, 0.3) is 5.91 Å². The van der Waals surface area contributed by atoms with Crippen LogP contribution in [0.2, 0.25) is 0 Å². The number of rotatable bonds is 3. The molecule has 0 heterocycles. The molecule has 1 atom stereocenters. The van der Waals surface area contributed by atoms with E-state index in [4.69, 9.17) is 34.8 Å². The lowest BCUT2D eigenvalue weighted by molar-refractivity contribution is 0.0937. The zero-order valence-electron chi connectivity index (χ0n) is 12.2. The van der Waals surface area contributed by atoms with Crippen LogP contribution in [0.4, 0.5) is 0 Å². The van der Waals surface area contributed by atoms with Crippen molar-refractivity contribution in [3.63, 3.8) is 0 Å². The van der Waals surface area contributed by atoms with Gasteiger partial charge in [0, 0.05) is 5.56 Å². The highest BCUT2D eigenvalue weighted by Crippen LogP contribution is 2.41. The molecule has 0 aliphatic heterocycles. The lowest BCUT2D eigenvalue weighted by atomic mass is 9.99. The Labute approximate surface area is 145 Å². The maximum absolute atomic E-state index is 12.4. The van der Waals surface area contributed by atoms with Crippen LogP contribution >= 0.6 is 34.8 Å². The topological polar surface area (TPSA) is 29.1 Å². The van der Waals surface area contributed by atoms with Gasteiger partial charge in [-0.25, -0.2) is 0 Å². The maximum Gasteiger partial charge on any atom is 0.251 e. The zero-order chi connectivity index (χ0) is 16.3. The predicted molar refractivity (Wildman–Crippen MR) is 92.9 cm³/mol. The summed E-state index contributed by atoms with van der Waals surface area (Å²) < 4.78 is -1.65. The van der Waals surface area contributed by atoms with E-state index in [1.54, 1.807) is 24.3 Å². The summed E-state index contributed by atoms with van der Waals surface area (Å²) in [5.74, 6) is -0.280. The Morgan fingerprint density at radius 2 is 1.68 bits per heavy atom. The standard InChI is InChI=1S/C17H16Cl3NO/c1-11-8-9-12(2)14(10-11)15(17(18,19)20)21-16(22)13-6-4-3-5-7-13/h3-10,15H,1-2H3,(H,21,22). The van der Waals surface area contributed by atoms with E-state index in [1.165, 1.54) is 0 Å². The summed E-state index contributed by atoms with van der Waals surface area (Å²) in [5.41, 5.74) is 3.31. The molecular weight excluding hydrogens is 341 g/mol. The first-order chi connectivity index (χ1) is 10.3. The molecule has 0 aromatic heterocycles. The molecule has 0 saturated heterocycles. The average Bonchev–Trinajstić information content (AvgIpc) is 2.47. The van der Waals surface area contributed by atoms with Gasteiger partial charge in [-0.3, -0.25) is 4.79 Å². The van der Waals surface area contributed by atoms with E-state index >= 15 is 0 Å². The molecule has 5 heteroatoms. The fourth-order valence-electron chi connectivity index (χ4n) is 2.21. The molecule has 0 aliphatic carbocycles. The normalized spacial score (nSPS) is 12.8. The van der Waals surface area contributed by atoms with Crippen molar-refractivity contribution < 1.29 is 4.79 Å². The van der Waals surface area contributed by atoms with Crippen molar-refractivity contribution in [2.75, 3.05) is 0 Å². The molecule has 1 amide bonds. The van der Waals surface area contributed by atoms with Gasteiger partial charge in [-0.2, -0.15) is 0 Å². The van der Waals surface area contributed by atoms with Crippen LogP contribution in [0.3, 0.4) is 0 Å². The molecule has 0 radical (unpaired) electrons. The number of amides is 1. The van der Waals surface area contributed by atoms with Crippen LogP contribution in [-0.2, 0) is 0 Å². The van der Waals surface area contributed by atoms with Crippen molar-refractivity contribution in [1.82, 2.24) is 5.32 Å². The SMILES string of the molecule is Cc1ccc(C)c(C(NC(=O)c2ccccc2)C(Cl)(Cl)Cl)c1. The monoisotopic (exact) mass is 355 g/mol. The minimum absolute atomic E-state index is 0.280. The third-order valence-corrected chi connectivity index (χ3v) is 4.04. The number of alkyl halides is 3. The molecule has 2 rings (SSSR count). The first-order valence-electron chi connectivity index (χ1n) is 6.79.